The Morgan fingerprint density at radius 1 is 0.969 bits per heavy atom. The molecule has 4 rings (SSSR count). The molecule has 0 bridgehead atoms. The van der Waals surface area contributed by atoms with Crippen LogP contribution in [0, 0.1) is 6.92 Å². The molecule has 0 atom stereocenters. The molecule has 2 aromatic carbocycles. The molecule has 0 saturated carbocycles. The first-order valence-electron chi connectivity index (χ1n) is 10.9. The van der Waals surface area contributed by atoms with Crippen molar-refractivity contribution >= 4 is 23.2 Å². The van der Waals surface area contributed by atoms with Crippen LogP contribution in [0.5, 0.6) is 0 Å². The Kier molecular flexibility index (Phi) is 6.44. The zero-order valence-corrected chi connectivity index (χ0v) is 18.1. The van der Waals surface area contributed by atoms with Crippen molar-refractivity contribution in [1.82, 2.24) is 9.78 Å². The molecule has 0 fully saturated rings. The highest BCUT2D eigenvalue weighted by Gasteiger charge is 2.15. The smallest absolute Gasteiger partial charge is 0.276 e. The van der Waals surface area contributed by atoms with Crippen molar-refractivity contribution in [2.75, 3.05) is 10.6 Å². The number of aromatic nitrogens is 2. The van der Waals surface area contributed by atoms with E-state index in [1.54, 1.807) is 12.1 Å². The topological polar surface area (TPSA) is 93.1 Å². The SMILES string of the molecule is Cc1ccc(NC(=O)c2ccc(=O)n(CCC(=O)Nc3cccc4c3CCCC4)n2)cc1. The van der Waals surface area contributed by atoms with Gasteiger partial charge < -0.3 is 10.6 Å². The van der Waals surface area contributed by atoms with Crippen LogP contribution >= 0.6 is 0 Å². The maximum Gasteiger partial charge on any atom is 0.276 e. The van der Waals surface area contributed by atoms with Crippen LogP contribution in [0.15, 0.2) is 59.4 Å². The molecule has 2 N–H and O–H groups in total. The zero-order chi connectivity index (χ0) is 22.5. The third kappa shape index (κ3) is 5.11. The number of hydrogen-bond donors (Lipinski definition) is 2. The van der Waals surface area contributed by atoms with Gasteiger partial charge in [-0.15, -0.1) is 0 Å². The van der Waals surface area contributed by atoms with E-state index in [-0.39, 0.29) is 30.1 Å². The summed E-state index contributed by atoms with van der Waals surface area (Å²) in [6.07, 6.45) is 4.38. The maximum atomic E-state index is 12.5. The first kappa shape index (κ1) is 21.5. The lowest BCUT2D eigenvalue weighted by Crippen LogP contribution is -2.28. The van der Waals surface area contributed by atoms with E-state index in [9.17, 15) is 14.4 Å². The van der Waals surface area contributed by atoms with Crippen LogP contribution in [-0.4, -0.2) is 21.6 Å². The van der Waals surface area contributed by atoms with Gasteiger partial charge in [0.25, 0.3) is 11.5 Å². The monoisotopic (exact) mass is 430 g/mol. The van der Waals surface area contributed by atoms with Gasteiger partial charge in [-0.1, -0.05) is 29.8 Å². The summed E-state index contributed by atoms with van der Waals surface area (Å²) in [5, 5.41) is 9.88. The van der Waals surface area contributed by atoms with Crippen LogP contribution in [0.1, 0.15) is 46.4 Å². The van der Waals surface area contributed by atoms with Crippen molar-refractivity contribution in [2.24, 2.45) is 0 Å². The fourth-order valence-electron chi connectivity index (χ4n) is 3.88. The Labute approximate surface area is 186 Å². The minimum atomic E-state index is -0.414. The van der Waals surface area contributed by atoms with Crippen molar-refractivity contribution in [3.63, 3.8) is 0 Å². The van der Waals surface area contributed by atoms with Crippen LogP contribution in [0.4, 0.5) is 11.4 Å². The fraction of sp³-hybridized carbons (Fsp3) is 0.280. The quantitative estimate of drug-likeness (QED) is 0.623. The standard InChI is InChI=1S/C25H26N4O3/c1-17-9-11-19(12-10-17)26-25(32)22-13-14-24(31)29(28-22)16-15-23(30)27-21-8-4-6-18-5-2-3-7-20(18)21/h4,6,8-14H,2-3,5,7,15-16H2,1H3,(H,26,32)(H,27,30). The largest absolute Gasteiger partial charge is 0.326 e. The predicted octanol–water partition coefficient (Wildman–Crippen LogP) is 3.71. The molecular formula is C25H26N4O3. The summed E-state index contributed by atoms with van der Waals surface area (Å²) < 4.78 is 1.16. The first-order chi connectivity index (χ1) is 15.5. The van der Waals surface area contributed by atoms with E-state index in [4.69, 9.17) is 0 Å². The number of carbonyl (C=O) groups is 2. The summed E-state index contributed by atoms with van der Waals surface area (Å²) in [6, 6.07) is 16.1. The number of benzene rings is 2. The molecule has 32 heavy (non-hydrogen) atoms. The summed E-state index contributed by atoms with van der Waals surface area (Å²) in [5.41, 5.74) is 4.83. The number of aryl methyl sites for hydroxylation is 3. The Hall–Kier alpha value is -3.74. The van der Waals surface area contributed by atoms with Crippen molar-refractivity contribution in [3.8, 4) is 0 Å². The van der Waals surface area contributed by atoms with Crippen molar-refractivity contribution in [2.45, 2.75) is 45.6 Å². The van der Waals surface area contributed by atoms with Gasteiger partial charge in [-0.2, -0.15) is 5.10 Å². The van der Waals surface area contributed by atoms with Gasteiger partial charge in [-0.25, -0.2) is 4.68 Å². The van der Waals surface area contributed by atoms with E-state index in [0.29, 0.717) is 5.69 Å². The molecule has 1 heterocycles. The van der Waals surface area contributed by atoms with E-state index >= 15 is 0 Å². The van der Waals surface area contributed by atoms with Gasteiger partial charge in [-0.3, -0.25) is 14.4 Å². The molecule has 1 aromatic heterocycles. The number of rotatable bonds is 6. The molecule has 1 aliphatic rings. The lowest BCUT2D eigenvalue weighted by atomic mass is 9.90. The number of amides is 2. The number of hydrogen-bond acceptors (Lipinski definition) is 4. The van der Waals surface area contributed by atoms with E-state index in [1.807, 2.05) is 31.2 Å². The number of nitrogens with zero attached hydrogens (tertiary/aromatic N) is 2. The van der Waals surface area contributed by atoms with Gasteiger partial charge in [0.1, 0.15) is 5.69 Å². The van der Waals surface area contributed by atoms with E-state index < -0.39 is 5.91 Å². The minimum Gasteiger partial charge on any atom is -0.326 e. The van der Waals surface area contributed by atoms with Gasteiger partial charge in [0.05, 0.1) is 6.54 Å². The molecule has 164 valence electrons. The minimum absolute atomic E-state index is 0.0829. The highest BCUT2D eigenvalue weighted by molar-refractivity contribution is 6.02. The van der Waals surface area contributed by atoms with E-state index in [1.165, 1.54) is 29.7 Å². The fourth-order valence-corrected chi connectivity index (χ4v) is 3.88. The van der Waals surface area contributed by atoms with E-state index in [2.05, 4.69) is 21.8 Å². The second-order valence-corrected chi connectivity index (χ2v) is 8.05. The third-order valence-electron chi connectivity index (χ3n) is 5.63. The molecule has 0 aliphatic heterocycles. The van der Waals surface area contributed by atoms with Gasteiger partial charge in [-0.05, 0) is 68.0 Å². The second-order valence-electron chi connectivity index (χ2n) is 8.05. The third-order valence-corrected chi connectivity index (χ3v) is 5.63. The van der Waals surface area contributed by atoms with Gasteiger partial charge >= 0.3 is 0 Å². The first-order valence-corrected chi connectivity index (χ1v) is 10.9. The summed E-state index contributed by atoms with van der Waals surface area (Å²) in [6.45, 7) is 2.05. The van der Waals surface area contributed by atoms with Gasteiger partial charge in [0.2, 0.25) is 5.91 Å². The predicted molar refractivity (Wildman–Crippen MR) is 124 cm³/mol. The van der Waals surface area contributed by atoms with Crippen molar-refractivity contribution in [1.29, 1.82) is 0 Å². The number of fused-ring (bicyclic) bond motifs is 1. The Morgan fingerprint density at radius 3 is 2.56 bits per heavy atom. The van der Waals surface area contributed by atoms with Crippen molar-refractivity contribution in [3.05, 3.63) is 87.3 Å². The van der Waals surface area contributed by atoms with Gasteiger partial charge in [0.15, 0.2) is 0 Å². The maximum absolute atomic E-state index is 12.5. The van der Waals surface area contributed by atoms with Crippen LogP contribution in [0.3, 0.4) is 0 Å². The second kappa shape index (κ2) is 9.60. The summed E-state index contributed by atoms with van der Waals surface area (Å²) >= 11 is 0. The summed E-state index contributed by atoms with van der Waals surface area (Å²) in [5.74, 6) is -0.602. The summed E-state index contributed by atoms with van der Waals surface area (Å²) in [4.78, 5) is 37.2. The normalized spacial score (nSPS) is 12.7. The molecule has 7 nitrogen and oxygen atoms in total. The zero-order valence-electron chi connectivity index (χ0n) is 18.1. The highest BCUT2D eigenvalue weighted by Crippen LogP contribution is 2.27. The molecule has 0 spiro atoms. The number of anilines is 2. The lowest BCUT2D eigenvalue weighted by Gasteiger charge is -2.19. The summed E-state index contributed by atoms with van der Waals surface area (Å²) in [7, 11) is 0. The number of carbonyl (C=O) groups excluding carboxylic acids is 2. The molecular weight excluding hydrogens is 404 g/mol. The molecule has 2 amide bonds. The molecule has 1 aliphatic carbocycles. The van der Waals surface area contributed by atoms with Crippen LogP contribution < -0.4 is 16.2 Å². The molecule has 0 saturated heterocycles. The number of nitrogens with one attached hydrogen (secondary N) is 2. The highest BCUT2D eigenvalue weighted by atomic mass is 16.2. The molecule has 0 radical (unpaired) electrons. The Morgan fingerprint density at radius 2 is 1.75 bits per heavy atom. The Bertz CT molecular complexity index is 1200. The van der Waals surface area contributed by atoms with E-state index in [0.717, 1.165) is 35.2 Å². The average Bonchev–Trinajstić information content (AvgIpc) is 2.80. The van der Waals surface area contributed by atoms with Crippen LogP contribution in [-0.2, 0) is 24.2 Å². The van der Waals surface area contributed by atoms with Crippen molar-refractivity contribution < 1.29 is 9.59 Å². The molecule has 3 aromatic rings. The van der Waals surface area contributed by atoms with Crippen LogP contribution in [0.2, 0.25) is 0 Å². The average molecular weight is 431 g/mol. The van der Waals surface area contributed by atoms with Crippen LogP contribution in [0.25, 0.3) is 0 Å². The lowest BCUT2D eigenvalue weighted by molar-refractivity contribution is -0.116. The Balaban J connectivity index is 1.40. The molecule has 0 unspecified atom stereocenters. The van der Waals surface area contributed by atoms with Gasteiger partial charge in [0, 0.05) is 23.9 Å². The molecule has 7 heteroatoms.